The molecule has 0 aliphatic carbocycles. The molecule has 0 aliphatic heterocycles. The third kappa shape index (κ3) is 4.78. The van der Waals surface area contributed by atoms with Crippen molar-refractivity contribution in [3.8, 4) is 17.2 Å². The molecule has 8 nitrogen and oxygen atoms in total. The fourth-order valence-electron chi connectivity index (χ4n) is 3.18. The van der Waals surface area contributed by atoms with Gasteiger partial charge in [-0.25, -0.2) is 0 Å². The monoisotopic (exact) mass is 463 g/mol. The van der Waals surface area contributed by atoms with Crippen LogP contribution in [0.2, 0.25) is 0 Å². The molecule has 2 heterocycles. The molecule has 4 rings (SSSR count). The molecule has 0 saturated carbocycles. The van der Waals surface area contributed by atoms with Crippen LogP contribution in [0.1, 0.15) is 16.8 Å². The molecule has 0 aliphatic rings. The number of benzene rings is 2. The molecule has 0 spiro atoms. The van der Waals surface area contributed by atoms with Crippen LogP contribution in [0.25, 0.3) is 11.0 Å². The molecular formula is C24H21N3O5S. The van der Waals surface area contributed by atoms with Crippen LogP contribution in [0.3, 0.4) is 0 Å². The van der Waals surface area contributed by atoms with Crippen molar-refractivity contribution < 1.29 is 14.2 Å². The summed E-state index contributed by atoms with van der Waals surface area (Å²) in [6.45, 7) is 3.98. The Morgan fingerprint density at radius 2 is 1.85 bits per heavy atom. The molecule has 0 radical (unpaired) electrons. The highest BCUT2D eigenvalue weighted by Gasteiger charge is 2.12. The second kappa shape index (κ2) is 9.66. The summed E-state index contributed by atoms with van der Waals surface area (Å²) >= 11 is 1.10. The molecule has 9 heteroatoms. The fraction of sp³-hybridized carbons (Fsp3) is 0.167. The number of fused-ring (bicyclic) bond motifs is 1. The van der Waals surface area contributed by atoms with Gasteiger partial charge in [0, 0.05) is 6.42 Å². The maximum atomic E-state index is 12.9. The highest BCUT2D eigenvalue weighted by molar-refractivity contribution is 7.15. The lowest BCUT2D eigenvalue weighted by molar-refractivity contribution is 0.326. The van der Waals surface area contributed by atoms with Gasteiger partial charge in [0.15, 0.2) is 11.5 Å². The zero-order chi connectivity index (χ0) is 23.4. The number of rotatable bonds is 8. The standard InChI is InChI=1S/C24H21N3O5S/c1-4-11-32-19-10-7-16(13-20(19)31-3)14-21-23(29)27-24(33-21)25-22(28)18(26-27)12-15-5-8-17(30-2)9-6-15/h4-10,13-14H,1,11-12H2,2-3H3/b21-14+. The largest absolute Gasteiger partial charge is 0.497 e. The smallest absolute Gasteiger partial charge is 0.296 e. The van der Waals surface area contributed by atoms with Crippen molar-refractivity contribution in [1.29, 1.82) is 0 Å². The van der Waals surface area contributed by atoms with Crippen molar-refractivity contribution in [3.63, 3.8) is 0 Å². The van der Waals surface area contributed by atoms with Crippen molar-refractivity contribution in [1.82, 2.24) is 14.6 Å². The molecule has 33 heavy (non-hydrogen) atoms. The van der Waals surface area contributed by atoms with Crippen LogP contribution in [-0.4, -0.2) is 35.4 Å². The number of thiazole rings is 1. The number of hydrogen-bond donors (Lipinski definition) is 0. The van der Waals surface area contributed by atoms with Gasteiger partial charge in [-0.15, -0.1) is 0 Å². The highest BCUT2D eigenvalue weighted by Crippen LogP contribution is 2.28. The van der Waals surface area contributed by atoms with Crippen LogP contribution in [-0.2, 0) is 6.42 Å². The number of aromatic nitrogens is 3. The average Bonchev–Trinajstić information content (AvgIpc) is 3.12. The van der Waals surface area contributed by atoms with Gasteiger partial charge in [-0.2, -0.15) is 14.6 Å². The first-order chi connectivity index (χ1) is 16.0. The Balaban J connectivity index is 1.70. The maximum Gasteiger partial charge on any atom is 0.296 e. The normalized spacial score (nSPS) is 11.5. The first-order valence-corrected chi connectivity index (χ1v) is 10.8. The third-order valence-corrected chi connectivity index (χ3v) is 5.78. The molecule has 0 N–H and O–H groups in total. The Bertz CT molecular complexity index is 1480. The molecular weight excluding hydrogens is 442 g/mol. The van der Waals surface area contributed by atoms with Gasteiger partial charge in [0.25, 0.3) is 11.1 Å². The minimum absolute atomic E-state index is 0.199. The molecule has 4 aromatic rings. The lowest BCUT2D eigenvalue weighted by atomic mass is 10.1. The van der Waals surface area contributed by atoms with Crippen molar-refractivity contribution in [2.75, 3.05) is 20.8 Å². The maximum absolute atomic E-state index is 12.9. The first kappa shape index (κ1) is 22.2. The van der Waals surface area contributed by atoms with Crippen molar-refractivity contribution >= 4 is 22.4 Å². The summed E-state index contributed by atoms with van der Waals surface area (Å²) in [5.41, 5.74) is 1.00. The number of hydrogen-bond acceptors (Lipinski definition) is 8. The molecule has 0 atom stereocenters. The van der Waals surface area contributed by atoms with Gasteiger partial charge in [0.05, 0.1) is 18.8 Å². The zero-order valence-electron chi connectivity index (χ0n) is 18.1. The zero-order valence-corrected chi connectivity index (χ0v) is 18.9. The summed E-state index contributed by atoms with van der Waals surface area (Å²) in [6, 6.07) is 12.6. The second-order valence-corrected chi connectivity index (χ2v) is 8.02. The van der Waals surface area contributed by atoms with Crippen molar-refractivity contribution in [3.05, 3.63) is 97.2 Å². The van der Waals surface area contributed by atoms with Crippen LogP contribution in [0.5, 0.6) is 17.2 Å². The second-order valence-electron chi connectivity index (χ2n) is 7.01. The van der Waals surface area contributed by atoms with E-state index < -0.39 is 5.56 Å². The summed E-state index contributed by atoms with van der Waals surface area (Å²) < 4.78 is 17.7. The van der Waals surface area contributed by atoms with Gasteiger partial charge < -0.3 is 14.2 Å². The molecule has 2 aromatic carbocycles. The molecule has 2 aromatic heterocycles. The first-order valence-electron chi connectivity index (χ1n) is 10.0. The van der Waals surface area contributed by atoms with E-state index in [-0.39, 0.29) is 22.6 Å². The van der Waals surface area contributed by atoms with E-state index in [1.54, 1.807) is 50.6 Å². The van der Waals surface area contributed by atoms with Crippen LogP contribution in [0, 0.1) is 0 Å². The van der Waals surface area contributed by atoms with E-state index in [2.05, 4.69) is 16.7 Å². The van der Waals surface area contributed by atoms with Crippen LogP contribution in [0.4, 0.5) is 0 Å². The molecule has 0 amide bonds. The lowest BCUT2D eigenvalue weighted by Crippen LogP contribution is -2.28. The van der Waals surface area contributed by atoms with Gasteiger partial charge in [-0.1, -0.05) is 42.2 Å². The van der Waals surface area contributed by atoms with Crippen molar-refractivity contribution in [2.45, 2.75) is 6.42 Å². The van der Waals surface area contributed by atoms with Gasteiger partial charge in [-0.05, 0) is 41.5 Å². The van der Waals surface area contributed by atoms with E-state index in [0.29, 0.717) is 28.4 Å². The Kier molecular flexibility index (Phi) is 6.50. The molecule has 0 fully saturated rings. The Hall–Kier alpha value is -3.98. The van der Waals surface area contributed by atoms with E-state index in [9.17, 15) is 9.59 Å². The van der Waals surface area contributed by atoms with Crippen LogP contribution >= 0.6 is 11.3 Å². The van der Waals surface area contributed by atoms with Crippen LogP contribution in [0.15, 0.2) is 64.7 Å². The van der Waals surface area contributed by atoms with E-state index in [0.717, 1.165) is 22.5 Å². The van der Waals surface area contributed by atoms with Gasteiger partial charge in [-0.3, -0.25) is 9.59 Å². The minimum Gasteiger partial charge on any atom is -0.497 e. The number of ether oxygens (including phenoxy) is 3. The molecule has 168 valence electrons. The van der Waals surface area contributed by atoms with E-state index in [1.165, 1.54) is 4.52 Å². The van der Waals surface area contributed by atoms with Crippen molar-refractivity contribution in [2.24, 2.45) is 0 Å². The summed E-state index contributed by atoms with van der Waals surface area (Å²) in [5, 5.41) is 4.29. The third-order valence-electron chi connectivity index (χ3n) is 4.82. The fourth-order valence-corrected chi connectivity index (χ4v) is 4.09. The number of methoxy groups -OCH3 is 2. The summed E-state index contributed by atoms with van der Waals surface area (Å²) in [5.74, 6) is 1.82. The lowest BCUT2D eigenvalue weighted by Gasteiger charge is -2.09. The Labute approximate surface area is 193 Å². The predicted molar refractivity (Wildman–Crippen MR) is 127 cm³/mol. The van der Waals surface area contributed by atoms with Gasteiger partial charge in [0.1, 0.15) is 18.1 Å². The highest BCUT2D eigenvalue weighted by atomic mass is 32.1. The summed E-state index contributed by atoms with van der Waals surface area (Å²) in [7, 11) is 3.13. The molecule has 0 unspecified atom stereocenters. The van der Waals surface area contributed by atoms with E-state index in [1.807, 2.05) is 18.2 Å². The SMILES string of the molecule is C=CCOc1ccc(/C=c2/sc3nc(=O)c(Cc4ccc(OC)cc4)nn3c2=O)cc1OC. The quantitative estimate of drug-likeness (QED) is 0.370. The molecule has 0 saturated heterocycles. The van der Waals surface area contributed by atoms with Crippen LogP contribution < -0.4 is 29.9 Å². The van der Waals surface area contributed by atoms with E-state index in [4.69, 9.17) is 14.2 Å². The minimum atomic E-state index is -0.455. The molecule has 0 bridgehead atoms. The topological polar surface area (TPSA) is 92.0 Å². The van der Waals surface area contributed by atoms with Gasteiger partial charge >= 0.3 is 0 Å². The Morgan fingerprint density at radius 1 is 1.06 bits per heavy atom. The van der Waals surface area contributed by atoms with E-state index >= 15 is 0 Å². The number of nitrogens with zero attached hydrogens (tertiary/aromatic N) is 3. The van der Waals surface area contributed by atoms with Gasteiger partial charge in [0.2, 0.25) is 4.96 Å². The summed E-state index contributed by atoms with van der Waals surface area (Å²) in [4.78, 5) is 29.8. The summed E-state index contributed by atoms with van der Waals surface area (Å²) in [6.07, 6.45) is 3.61. The Morgan fingerprint density at radius 3 is 2.55 bits per heavy atom. The predicted octanol–water partition coefficient (Wildman–Crippen LogP) is 2.23. The average molecular weight is 464 g/mol.